The van der Waals surface area contributed by atoms with Crippen molar-refractivity contribution in [3.05, 3.63) is 154 Å². The molecular formula is C44H33BN4. The van der Waals surface area contributed by atoms with Crippen LogP contribution in [0.1, 0.15) is 60.8 Å². The molecule has 232 valence electrons. The van der Waals surface area contributed by atoms with Crippen LogP contribution >= 0.6 is 0 Å². The average molecular weight is 629 g/mol. The second-order valence-electron chi connectivity index (χ2n) is 14.0. The normalized spacial score (nSPS) is 22.2. The van der Waals surface area contributed by atoms with E-state index in [4.69, 9.17) is 0 Å². The summed E-state index contributed by atoms with van der Waals surface area (Å²) < 4.78 is 0. The zero-order valence-corrected chi connectivity index (χ0v) is 27.2. The molecule has 2 unspecified atom stereocenters. The molecule has 0 aromatic heterocycles. The van der Waals surface area contributed by atoms with Gasteiger partial charge in [0.15, 0.2) is 0 Å². The molecule has 4 aliphatic carbocycles. The van der Waals surface area contributed by atoms with Crippen LogP contribution in [0, 0.1) is 28.6 Å². The fourth-order valence-electron chi connectivity index (χ4n) is 9.14. The Labute approximate surface area is 288 Å². The Morgan fingerprint density at radius 3 is 2.45 bits per heavy atom. The van der Waals surface area contributed by atoms with Crippen LogP contribution in [0.3, 0.4) is 0 Å². The lowest BCUT2D eigenvalue weighted by Crippen LogP contribution is -2.57. The number of hydrogen-bond acceptors (Lipinski definition) is 4. The number of hydrogen-bond donors (Lipinski definition) is 0. The molecule has 0 saturated carbocycles. The van der Waals surface area contributed by atoms with E-state index in [2.05, 4.69) is 125 Å². The van der Waals surface area contributed by atoms with Crippen LogP contribution in [0.25, 0.3) is 16.7 Å². The van der Waals surface area contributed by atoms with E-state index in [0.717, 1.165) is 44.1 Å². The zero-order chi connectivity index (χ0) is 32.6. The zero-order valence-electron chi connectivity index (χ0n) is 27.2. The van der Waals surface area contributed by atoms with Crippen molar-refractivity contribution < 1.29 is 0 Å². The molecule has 0 saturated heterocycles. The molecule has 2 atom stereocenters. The van der Waals surface area contributed by atoms with Crippen molar-refractivity contribution >= 4 is 51.4 Å². The maximum Gasteiger partial charge on any atom is 0.251 e. The van der Waals surface area contributed by atoms with Gasteiger partial charge >= 0.3 is 0 Å². The van der Waals surface area contributed by atoms with Gasteiger partial charge < -0.3 is 9.80 Å². The van der Waals surface area contributed by atoms with Gasteiger partial charge in [0, 0.05) is 34.0 Å². The lowest BCUT2D eigenvalue weighted by atomic mass is 9.32. The largest absolute Gasteiger partial charge is 0.334 e. The molecule has 3 heterocycles. The number of benzene rings is 3. The maximum atomic E-state index is 9.60. The fraction of sp³-hybridized carbons (Fsp3) is 0.182. The number of rotatable bonds is 3. The molecule has 3 aliphatic heterocycles. The topological polar surface area (TPSA) is 54.1 Å². The second-order valence-corrected chi connectivity index (χ2v) is 14.0. The minimum atomic E-state index is -0.0698. The SMILES string of the molecule is N#Cc1ccc(C2=CCC3C(=C2)c2cc(C4=CCC(C#N)C=C4)cc4c2N3c2cccc3c2B4C2=C(CCC=C2)N3C2=CCCC=C2)cc1. The first-order valence-corrected chi connectivity index (χ1v) is 17.6. The van der Waals surface area contributed by atoms with E-state index in [1.54, 1.807) is 0 Å². The van der Waals surface area contributed by atoms with Gasteiger partial charge in [0.25, 0.3) is 6.71 Å². The Kier molecular flexibility index (Phi) is 6.27. The highest BCUT2D eigenvalue weighted by Gasteiger charge is 2.49. The number of allylic oxidation sites excluding steroid dienone is 13. The molecule has 3 aromatic rings. The molecule has 7 aliphatic rings. The summed E-state index contributed by atoms with van der Waals surface area (Å²) >= 11 is 0. The molecule has 4 nitrogen and oxygen atoms in total. The van der Waals surface area contributed by atoms with Crippen LogP contribution in [0.2, 0.25) is 0 Å². The van der Waals surface area contributed by atoms with Gasteiger partial charge in [-0.15, -0.1) is 0 Å². The maximum absolute atomic E-state index is 9.60. The Hall–Kier alpha value is -5.78. The Morgan fingerprint density at radius 1 is 0.796 bits per heavy atom. The molecule has 0 fully saturated rings. The van der Waals surface area contributed by atoms with Crippen molar-refractivity contribution in [2.75, 3.05) is 9.80 Å². The highest BCUT2D eigenvalue weighted by molar-refractivity contribution is 6.95. The van der Waals surface area contributed by atoms with Crippen LogP contribution in [-0.4, -0.2) is 12.8 Å². The highest BCUT2D eigenvalue weighted by atomic mass is 15.2. The van der Waals surface area contributed by atoms with Gasteiger partial charge in [0.05, 0.1) is 29.7 Å². The average Bonchev–Trinajstić information content (AvgIpc) is 3.50. The third kappa shape index (κ3) is 4.16. The van der Waals surface area contributed by atoms with E-state index >= 15 is 0 Å². The van der Waals surface area contributed by atoms with Crippen molar-refractivity contribution in [1.29, 1.82) is 10.5 Å². The molecule has 3 aromatic carbocycles. The lowest BCUT2D eigenvalue weighted by molar-refractivity contribution is 0.831. The van der Waals surface area contributed by atoms with E-state index in [1.165, 1.54) is 72.7 Å². The van der Waals surface area contributed by atoms with E-state index in [1.807, 2.05) is 12.1 Å². The molecule has 0 amide bonds. The number of anilines is 3. The van der Waals surface area contributed by atoms with Crippen molar-refractivity contribution in [1.82, 2.24) is 0 Å². The third-order valence-electron chi connectivity index (χ3n) is 11.3. The first-order valence-electron chi connectivity index (χ1n) is 17.6. The predicted molar refractivity (Wildman–Crippen MR) is 201 cm³/mol. The third-order valence-corrected chi connectivity index (χ3v) is 11.3. The quantitative estimate of drug-likeness (QED) is 0.273. The summed E-state index contributed by atoms with van der Waals surface area (Å²) in [6.07, 6.45) is 29.0. The number of nitrogens with zero attached hydrogens (tertiary/aromatic N) is 4. The molecule has 0 bridgehead atoms. The van der Waals surface area contributed by atoms with Gasteiger partial charge in [0.1, 0.15) is 0 Å². The number of fused-ring (bicyclic) bond motifs is 6. The van der Waals surface area contributed by atoms with Gasteiger partial charge in [-0.05, 0) is 125 Å². The highest BCUT2D eigenvalue weighted by Crippen LogP contribution is 2.53. The Balaban J connectivity index is 1.22. The van der Waals surface area contributed by atoms with Gasteiger partial charge in [0.2, 0.25) is 0 Å². The van der Waals surface area contributed by atoms with Crippen LogP contribution in [0.15, 0.2) is 132 Å². The van der Waals surface area contributed by atoms with Crippen LogP contribution in [0.4, 0.5) is 17.1 Å². The smallest absolute Gasteiger partial charge is 0.251 e. The monoisotopic (exact) mass is 628 g/mol. The number of nitriles is 2. The minimum absolute atomic E-state index is 0.0698. The minimum Gasteiger partial charge on any atom is -0.334 e. The standard InChI is InChI=1S/C44H33BN4/c46-26-28-13-17-30(18-14-28)32-21-22-39-35(23-32)36-24-33(31-19-15-29(27-47)16-20-31)25-38-44(36)49(39)42-12-6-11-41-43(42)45(38)37-9-4-5-10-40(37)48(41)34-7-2-1-3-8-34/h2,4,6-9,11-15,17-21,23-25,29,39H,1,3,5,10,16,22H2. The van der Waals surface area contributed by atoms with E-state index in [9.17, 15) is 10.5 Å². The fourth-order valence-corrected chi connectivity index (χ4v) is 9.14. The van der Waals surface area contributed by atoms with Gasteiger partial charge in [-0.2, -0.15) is 10.5 Å². The van der Waals surface area contributed by atoms with Gasteiger partial charge in [-0.25, -0.2) is 0 Å². The summed E-state index contributed by atoms with van der Waals surface area (Å²) in [6, 6.07) is 24.7. The molecule has 0 spiro atoms. The summed E-state index contributed by atoms with van der Waals surface area (Å²) in [6.45, 7) is 0.138. The first-order chi connectivity index (χ1) is 24.2. The summed E-state index contributed by atoms with van der Waals surface area (Å²) in [5.74, 6) is -0.0698. The molecule has 49 heavy (non-hydrogen) atoms. The molecule has 5 heteroatoms. The Morgan fingerprint density at radius 2 is 1.65 bits per heavy atom. The summed E-state index contributed by atoms with van der Waals surface area (Å²) in [7, 11) is 0. The van der Waals surface area contributed by atoms with Crippen LogP contribution < -0.4 is 20.7 Å². The van der Waals surface area contributed by atoms with E-state index in [0.29, 0.717) is 5.56 Å². The lowest BCUT2D eigenvalue weighted by Gasteiger charge is -2.46. The van der Waals surface area contributed by atoms with Gasteiger partial charge in [-0.1, -0.05) is 72.9 Å². The van der Waals surface area contributed by atoms with Crippen LogP contribution in [-0.2, 0) is 0 Å². The molecule has 0 radical (unpaired) electrons. The van der Waals surface area contributed by atoms with Gasteiger partial charge in [-0.3, -0.25) is 0 Å². The van der Waals surface area contributed by atoms with Crippen molar-refractivity contribution in [3.63, 3.8) is 0 Å². The molecular weight excluding hydrogens is 595 g/mol. The molecule has 0 N–H and O–H groups in total. The second kappa shape index (κ2) is 10.9. The van der Waals surface area contributed by atoms with Crippen molar-refractivity contribution in [2.45, 2.75) is 44.6 Å². The predicted octanol–water partition coefficient (Wildman–Crippen LogP) is 8.55. The summed E-state index contributed by atoms with van der Waals surface area (Å²) in [5, 5.41) is 19.0. The molecule has 10 rings (SSSR count). The Bertz CT molecular complexity index is 2330. The van der Waals surface area contributed by atoms with Crippen molar-refractivity contribution in [3.8, 4) is 12.1 Å². The van der Waals surface area contributed by atoms with E-state index in [-0.39, 0.29) is 18.7 Å². The van der Waals surface area contributed by atoms with Crippen molar-refractivity contribution in [2.24, 2.45) is 5.92 Å². The van der Waals surface area contributed by atoms with Crippen LogP contribution in [0.5, 0.6) is 0 Å². The summed E-state index contributed by atoms with van der Waals surface area (Å²) in [5.41, 5.74) is 19.0. The van der Waals surface area contributed by atoms with E-state index < -0.39 is 0 Å². The first kappa shape index (κ1) is 28.3. The summed E-state index contributed by atoms with van der Waals surface area (Å²) in [4.78, 5) is 5.23.